The molecular formula is C20H21N2O2+. The predicted octanol–water partition coefficient (Wildman–Crippen LogP) is 4.32. The number of carbonyl (C=O) groups is 1. The predicted molar refractivity (Wildman–Crippen MR) is 95.9 cm³/mol. The van der Waals surface area contributed by atoms with E-state index in [0.717, 1.165) is 22.1 Å². The average molecular weight is 321 g/mol. The fraction of sp³-hybridized carbons (Fsp3) is 0.200. The lowest BCUT2D eigenvalue weighted by atomic mass is 10.1. The van der Waals surface area contributed by atoms with Gasteiger partial charge < -0.3 is 9.72 Å². The van der Waals surface area contributed by atoms with E-state index >= 15 is 0 Å². The molecule has 122 valence electrons. The number of carbonyl (C=O) groups excluding carboxylic acids is 1. The molecule has 1 unspecified atom stereocenters. The third-order valence-electron chi connectivity index (χ3n) is 4.22. The highest BCUT2D eigenvalue weighted by atomic mass is 16.5. The van der Waals surface area contributed by atoms with Crippen molar-refractivity contribution < 1.29 is 13.9 Å². The minimum absolute atomic E-state index is 0. The van der Waals surface area contributed by atoms with Gasteiger partial charge in [0.25, 0.3) is 0 Å². The molecular weight excluding hydrogens is 300 g/mol. The Morgan fingerprint density at radius 1 is 1.12 bits per heavy atom. The molecule has 4 heteroatoms. The van der Waals surface area contributed by atoms with Crippen molar-refractivity contribution in [3.8, 4) is 0 Å². The first kappa shape index (κ1) is 16.0. The third-order valence-corrected chi connectivity index (χ3v) is 4.22. The van der Waals surface area contributed by atoms with Gasteiger partial charge in [-0.3, -0.25) is 4.79 Å². The maximum absolute atomic E-state index is 11.1. The number of hydrogen-bond acceptors (Lipinski definition) is 2. The lowest BCUT2D eigenvalue weighted by Gasteiger charge is -2.10. The molecule has 24 heavy (non-hydrogen) atoms. The number of nitrogens with zero attached hydrogens (tertiary/aromatic N) is 1. The first-order valence-electron chi connectivity index (χ1n) is 7.65. The van der Waals surface area contributed by atoms with Crippen LogP contribution in [-0.4, -0.2) is 11.0 Å². The summed E-state index contributed by atoms with van der Waals surface area (Å²) in [5.74, 6) is -0.270. The number of para-hydroxylation sites is 1. The zero-order valence-corrected chi connectivity index (χ0v) is 13.0. The minimum Gasteiger partial charge on any atom is -0.458 e. The molecule has 4 nitrogen and oxygen atoms in total. The van der Waals surface area contributed by atoms with Gasteiger partial charge in [-0.2, -0.15) is 4.40 Å². The maximum Gasteiger partial charge on any atom is 0.303 e. The van der Waals surface area contributed by atoms with Crippen molar-refractivity contribution in [3.05, 3.63) is 60.4 Å². The van der Waals surface area contributed by atoms with Crippen LogP contribution < -0.4 is 4.40 Å². The number of H-pyrrole nitrogens is 1. The van der Waals surface area contributed by atoms with E-state index in [-0.39, 0.29) is 19.5 Å². The molecule has 4 aromatic rings. The number of esters is 1. The van der Waals surface area contributed by atoms with Crippen LogP contribution in [0.5, 0.6) is 0 Å². The largest absolute Gasteiger partial charge is 0.458 e. The van der Waals surface area contributed by atoms with E-state index in [4.69, 9.17) is 4.74 Å². The number of benzene rings is 1. The van der Waals surface area contributed by atoms with Crippen molar-refractivity contribution in [2.45, 2.75) is 27.4 Å². The summed E-state index contributed by atoms with van der Waals surface area (Å²) in [4.78, 5) is 14.6. The summed E-state index contributed by atoms with van der Waals surface area (Å²) < 4.78 is 7.32. The number of rotatable bonds is 2. The number of aromatic nitrogens is 2. The molecule has 0 saturated heterocycles. The summed E-state index contributed by atoms with van der Waals surface area (Å²) in [5, 5.41) is 2.43. The zero-order chi connectivity index (χ0) is 16.0. The van der Waals surface area contributed by atoms with Crippen molar-refractivity contribution in [2.75, 3.05) is 0 Å². The van der Waals surface area contributed by atoms with Crippen LogP contribution in [0.2, 0.25) is 0 Å². The molecule has 1 aromatic carbocycles. The summed E-state index contributed by atoms with van der Waals surface area (Å²) in [5.41, 5.74) is 4.30. The highest BCUT2D eigenvalue weighted by Gasteiger charge is 2.16. The van der Waals surface area contributed by atoms with E-state index in [2.05, 4.69) is 39.7 Å². The van der Waals surface area contributed by atoms with Crippen LogP contribution >= 0.6 is 0 Å². The van der Waals surface area contributed by atoms with Crippen molar-refractivity contribution >= 4 is 33.3 Å². The smallest absolute Gasteiger partial charge is 0.303 e. The van der Waals surface area contributed by atoms with E-state index in [9.17, 15) is 4.79 Å². The summed E-state index contributed by atoms with van der Waals surface area (Å²) in [6.07, 6.45) is 3.79. The van der Waals surface area contributed by atoms with Crippen LogP contribution in [0.4, 0.5) is 0 Å². The Morgan fingerprint density at radius 2 is 1.92 bits per heavy atom. The average Bonchev–Trinajstić information content (AvgIpc) is 2.92. The number of hydrogen-bond donors (Lipinski definition) is 1. The molecule has 0 aliphatic rings. The molecule has 4 rings (SSSR count). The molecule has 0 spiro atoms. The molecule has 3 aromatic heterocycles. The summed E-state index contributed by atoms with van der Waals surface area (Å²) in [6.45, 7) is 3.31. The number of fused-ring (bicyclic) bond motifs is 5. The van der Waals surface area contributed by atoms with Gasteiger partial charge in [-0.05, 0) is 19.1 Å². The molecule has 0 aliphatic heterocycles. The molecule has 1 atom stereocenters. The van der Waals surface area contributed by atoms with Crippen molar-refractivity contribution in [1.29, 1.82) is 0 Å². The van der Waals surface area contributed by atoms with Crippen LogP contribution in [0.15, 0.2) is 54.9 Å². The molecule has 0 radical (unpaired) electrons. The van der Waals surface area contributed by atoms with E-state index in [0.29, 0.717) is 0 Å². The number of nitrogens with one attached hydrogen (secondary N) is 1. The molecule has 0 aliphatic carbocycles. The van der Waals surface area contributed by atoms with Gasteiger partial charge >= 0.3 is 5.97 Å². The number of pyridine rings is 2. The van der Waals surface area contributed by atoms with Crippen LogP contribution in [-0.2, 0) is 9.53 Å². The van der Waals surface area contributed by atoms with Crippen LogP contribution in [0, 0.1) is 0 Å². The lowest BCUT2D eigenvalue weighted by molar-refractivity contribution is -0.511. The topological polar surface area (TPSA) is 46.2 Å². The van der Waals surface area contributed by atoms with Crippen LogP contribution in [0.3, 0.4) is 0 Å². The maximum atomic E-state index is 11.1. The Balaban J connectivity index is 0.00000169. The van der Waals surface area contributed by atoms with E-state index in [1.54, 1.807) is 0 Å². The SMILES string of the molecule is C.CC(=O)OC(C)c1ccc2c3[nH]c4ccccc4c3cc[n+]2c1. The van der Waals surface area contributed by atoms with Gasteiger partial charge in [0.05, 0.1) is 5.56 Å². The first-order valence-corrected chi connectivity index (χ1v) is 7.65. The van der Waals surface area contributed by atoms with Gasteiger partial charge in [-0.1, -0.05) is 25.6 Å². The van der Waals surface area contributed by atoms with E-state index in [1.165, 1.54) is 17.7 Å². The Hall–Kier alpha value is -2.88. The fourth-order valence-corrected chi connectivity index (χ4v) is 3.12. The second-order valence-electron chi connectivity index (χ2n) is 5.78. The lowest BCUT2D eigenvalue weighted by Crippen LogP contribution is -2.22. The standard InChI is InChI=1S/C19H16N2O2.CH4/c1-12(23-13(2)22)14-7-8-18-19-16(9-10-21(18)11-14)15-5-3-4-6-17(15)20-19;/h3-12H,1-2H3;1H4/p+1. The third kappa shape index (κ3) is 2.50. The van der Waals surface area contributed by atoms with Crippen molar-refractivity contribution in [1.82, 2.24) is 4.98 Å². The van der Waals surface area contributed by atoms with Gasteiger partial charge in [0.2, 0.25) is 5.52 Å². The Morgan fingerprint density at radius 3 is 2.71 bits per heavy atom. The fourth-order valence-electron chi connectivity index (χ4n) is 3.12. The number of aromatic amines is 1. The Labute approximate surface area is 140 Å². The molecule has 0 bridgehead atoms. The zero-order valence-electron chi connectivity index (χ0n) is 13.0. The Kier molecular flexibility index (Phi) is 3.97. The second-order valence-corrected chi connectivity index (χ2v) is 5.78. The van der Waals surface area contributed by atoms with Crippen LogP contribution in [0.25, 0.3) is 27.3 Å². The number of ether oxygens (including phenoxy) is 1. The summed E-state index contributed by atoms with van der Waals surface area (Å²) >= 11 is 0. The minimum atomic E-state index is -0.270. The summed E-state index contributed by atoms with van der Waals surface area (Å²) in [6, 6.07) is 14.5. The Bertz CT molecular complexity index is 1050. The molecule has 0 fully saturated rings. The molecule has 1 N–H and O–H groups in total. The summed E-state index contributed by atoms with van der Waals surface area (Å²) in [7, 11) is 0. The first-order chi connectivity index (χ1) is 11.1. The molecule has 0 amide bonds. The normalized spacial score (nSPS) is 12.2. The van der Waals surface area contributed by atoms with E-state index in [1.807, 2.05) is 31.5 Å². The molecule has 3 heterocycles. The van der Waals surface area contributed by atoms with Gasteiger partial charge in [-0.15, -0.1) is 0 Å². The van der Waals surface area contributed by atoms with Crippen molar-refractivity contribution in [3.63, 3.8) is 0 Å². The van der Waals surface area contributed by atoms with Gasteiger partial charge in [0.1, 0.15) is 11.6 Å². The monoisotopic (exact) mass is 321 g/mol. The highest BCUT2D eigenvalue weighted by molar-refractivity contribution is 6.10. The van der Waals surface area contributed by atoms with Crippen LogP contribution in [0.1, 0.15) is 32.9 Å². The quantitative estimate of drug-likeness (QED) is 0.441. The van der Waals surface area contributed by atoms with Crippen molar-refractivity contribution in [2.24, 2.45) is 0 Å². The second kappa shape index (κ2) is 5.96. The van der Waals surface area contributed by atoms with Gasteiger partial charge in [0.15, 0.2) is 12.4 Å². The molecule has 0 saturated carbocycles. The highest BCUT2D eigenvalue weighted by Crippen LogP contribution is 2.27. The van der Waals surface area contributed by atoms with Gasteiger partial charge in [-0.25, -0.2) is 0 Å². The van der Waals surface area contributed by atoms with Gasteiger partial charge in [0, 0.05) is 35.3 Å². The van der Waals surface area contributed by atoms with E-state index < -0.39 is 0 Å².